The zero-order valence-electron chi connectivity index (χ0n) is 9.00. The fourth-order valence-corrected chi connectivity index (χ4v) is 2.08. The Labute approximate surface area is 90.0 Å². The first-order valence-electron chi connectivity index (χ1n) is 5.42. The Hall–Kier alpha value is -1.00. The number of rotatable bonds is 3. The quantitative estimate of drug-likeness (QED) is 0.798. The van der Waals surface area contributed by atoms with Crippen molar-refractivity contribution in [3.8, 4) is 0 Å². The van der Waals surface area contributed by atoms with E-state index in [1.807, 2.05) is 6.20 Å². The zero-order valence-corrected chi connectivity index (χ0v) is 9.00. The molecule has 1 fully saturated rings. The maximum Gasteiger partial charge on any atom is 0.0755 e. The van der Waals surface area contributed by atoms with Crippen LogP contribution in [0.25, 0.3) is 0 Å². The maximum absolute atomic E-state index is 9.08. The lowest BCUT2D eigenvalue weighted by atomic mass is 10.1. The monoisotopic (exact) mass is 207 g/mol. The first-order chi connectivity index (χ1) is 7.31. The number of nitrogens with zero attached hydrogens (tertiary/aromatic N) is 3. The molecule has 2 heterocycles. The number of hydrogen-bond acceptors (Lipinski definition) is 4. The third-order valence-corrected chi connectivity index (χ3v) is 3.13. The number of aliphatic hydroxyl groups is 1. The molecule has 0 aromatic carbocycles. The van der Waals surface area contributed by atoms with Crippen molar-refractivity contribution in [2.24, 2.45) is 5.92 Å². The van der Waals surface area contributed by atoms with E-state index < -0.39 is 0 Å². The van der Waals surface area contributed by atoms with Crippen LogP contribution in [0.15, 0.2) is 18.6 Å². The van der Waals surface area contributed by atoms with Crippen molar-refractivity contribution in [1.29, 1.82) is 0 Å². The van der Waals surface area contributed by atoms with Gasteiger partial charge in [-0.15, -0.1) is 0 Å². The van der Waals surface area contributed by atoms with E-state index in [2.05, 4.69) is 21.8 Å². The molecule has 2 unspecified atom stereocenters. The van der Waals surface area contributed by atoms with Crippen LogP contribution < -0.4 is 0 Å². The summed E-state index contributed by atoms with van der Waals surface area (Å²) in [6.07, 6.45) is 6.32. The summed E-state index contributed by atoms with van der Waals surface area (Å²) in [4.78, 5) is 10.7. The third kappa shape index (κ3) is 2.33. The second-order valence-electron chi connectivity index (χ2n) is 4.14. The molecule has 15 heavy (non-hydrogen) atoms. The molecule has 82 valence electrons. The summed E-state index contributed by atoms with van der Waals surface area (Å²) in [5.74, 6) is 0.434. The minimum absolute atomic E-state index is 0.295. The average molecular weight is 207 g/mol. The van der Waals surface area contributed by atoms with Crippen molar-refractivity contribution >= 4 is 0 Å². The summed E-state index contributed by atoms with van der Waals surface area (Å²) < 4.78 is 0. The van der Waals surface area contributed by atoms with Gasteiger partial charge >= 0.3 is 0 Å². The summed E-state index contributed by atoms with van der Waals surface area (Å²) in [5, 5.41) is 9.08. The van der Waals surface area contributed by atoms with Gasteiger partial charge in [-0.3, -0.25) is 14.9 Å². The largest absolute Gasteiger partial charge is 0.396 e. The Kier molecular flexibility index (Phi) is 3.28. The second-order valence-corrected chi connectivity index (χ2v) is 4.14. The van der Waals surface area contributed by atoms with E-state index >= 15 is 0 Å². The van der Waals surface area contributed by atoms with Gasteiger partial charge in [0.15, 0.2) is 0 Å². The zero-order chi connectivity index (χ0) is 10.7. The minimum Gasteiger partial charge on any atom is -0.396 e. The summed E-state index contributed by atoms with van der Waals surface area (Å²) in [6.45, 7) is 4.45. The normalized spacial score (nSPS) is 24.3. The molecule has 0 amide bonds. The average Bonchev–Trinajstić information content (AvgIpc) is 2.78. The molecule has 1 aromatic rings. The van der Waals surface area contributed by atoms with Gasteiger partial charge in [0.25, 0.3) is 0 Å². The summed E-state index contributed by atoms with van der Waals surface area (Å²) >= 11 is 0. The van der Waals surface area contributed by atoms with Gasteiger partial charge in [-0.25, -0.2) is 0 Å². The van der Waals surface area contributed by atoms with Crippen molar-refractivity contribution in [2.75, 3.05) is 19.7 Å². The molecule has 4 nitrogen and oxygen atoms in total. The number of aliphatic hydroxyl groups excluding tert-OH is 1. The van der Waals surface area contributed by atoms with E-state index in [1.54, 1.807) is 12.4 Å². The molecule has 1 aliphatic heterocycles. The molecule has 0 bridgehead atoms. The molecular weight excluding hydrogens is 190 g/mol. The topological polar surface area (TPSA) is 49.2 Å². The molecule has 0 aliphatic carbocycles. The van der Waals surface area contributed by atoms with E-state index in [-0.39, 0.29) is 0 Å². The first kappa shape index (κ1) is 10.5. The van der Waals surface area contributed by atoms with Crippen molar-refractivity contribution in [3.05, 3.63) is 24.3 Å². The Morgan fingerprint density at radius 1 is 1.60 bits per heavy atom. The van der Waals surface area contributed by atoms with Crippen LogP contribution >= 0.6 is 0 Å². The minimum atomic E-state index is 0.295. The molecule has 0 saturated carbocycles. The van der Waals surface area contributed by atoms with Gasteiger partial charge in [-0.2, -0.15) is 0 Å². The van der Waals surface area contributed by atoms with Crippen molar-refractivity contribution in [2.45, 2.75) is 19.4 Å². The predicted octanol–water partition coefficient (Wildman–Crippen LogP) is 0.852. The highest BCUT2D eigenvalue weighted by Crippen LogP contribution is 2.25. The summed E-state index contributed by atoms with van der Waals surface area (Å²) in [7, 11) is 0. The summed E-state index contributed by atoms with van der Waals surface area (Å²) in [6, 6.07) is 0.301. The third-order valence-electron chi connectivity index (χ3n) is 3.13. The Balaban J connectivity index is 2.00. The summed E-state index contributed by atoms with van der Waals surface area (Å²) in [5.41, 5.74) is 1.01. The van der Waals surface area contributed by atoms with Gasteiger partial charge in [-0.05, 0) is 25.8 Å². The highest BCUT2D eigenvalue weighted by Gasteiger charge is 2.26. The number of likely N-dealkylation sites (tertiary alicyclic amines) is 1. The smallest absolute Gasteiger partial charge is 0.0755 e. The number of hydrogen-bond donors (Lipinski definition) is 1. The lowest BCUT2D eigenvalue weighted by Gasteiger charge is -2.23. The number of aromatic nitrogens is 2. The SMILES string of the molecule is CC(c1cnccn1)N1CCC(CO)C1. The van der Waals surface area contributed by atoms with E-state index in [9.17, 15) is 0 Å². The Bertz CT molecular complexity index is 304. The second kappa shape index (κ2) is 4.68. The lowest BCUT2D eigenvalue weighted by Crippen LogP contribution is -2.25. The van der Waals surface area contributed by atoms with Gasteiger partial charge in [0.1, 0.15) is 0 Å². The lowest BCUT2D eigenvalue weighted by molar-refractivity contribution is 0.203. The predicted molar refractivity (Wildman–Crippen MR) is 57.2 cm³/mol. The molecule has 1 aromatic heterocycles. The van der Waals surface area contributed by atoms with E-state index in [0.717, 1.165) is 25.2 Å². The van der Waals surface area contributed by atoms with E-state index in [1.165, 1.54) is 0 Å². The fraction of sp³-hybridized carbons (Fsp3) is 0.636. The Morgan fingerprint density at radius 2 is 2.47 bits per heavy atom. The van der Waals surface area contributed by atoms with Gasteiger partial charge in [0, 0.05) is 31.7 Å². The van der Waals surface area contributed by atoms with Crippen LogP contribution in [0.5, 0.6) is 0 Å². The maximum atomic E-state index is 9.08. The van der Waals surface area contributed by atoms with Crippen LogP contribution in [0.4, 0.5) is 0 Å². The van der Waals surface area contributed by atoms with Crippen molar-refractivity contribution in [3.63, 3.8) is 0 Å². The van der Waals surface area contributed by atoms with Crippen LogP contribution in [-0.2, 0) is 0 Å². The fourth-order valence-electron chi connectivity index (χ4n) is 2.08. The van der Waals surface area contributed by atoms with Crippen LogP contribution in [0, 0.1) is 5.92 Å². The van der Waals surface area contributed by atoms with Crippen LogP contribution in [0.3, 0.4) is 0 Å². The highest BCUT2D eigenvalue weighted by molar-refractivity contribution is 5.02. The molecular formula is C11H17N3O. The molecule has 2 atom stereocenters. The molecule has 1 aliphatic rings. The molecule has 0 spiro atoms. The highest BCUT2D eigenvalue weighted by atomic mass is 16.3. The molecule has 0 radical (unpaired) electrons. The van der Waals surface area contributed by atoms with Gasteiger partial charge in [-0.1, -0.05) is 0 Å². The van der Waals surface area contributed by atoms with Crippen molar-refractivity contribution in [1.82, 2.24) is 14.9 Å². The van der Waals surface area contributed by atoms with Crippen LogP contribution in [0.2, 0.25) is 0 Å². The van der Waals surface area contributed by atoms with Crippen LogP contribution in [-0.4, -0.2) is 39.7 Å². The molecule has 1 N–H and O–H groups in total. The standard InChI is InChI=1S/C11H17N3O/c1-9(11-6-12-3-4-13-11)14-5-2-10(7-14)8-15/h3-4,6,9-10,15H,2,5,7-8H2,1H3. The first-order valence-corrected chi connectivity index (χ1v) is 5.42. The van der Waals surface area contributed by atoms with E-state index in [0.29, 0.717) is 18.6 Å². The van der Waals surface area contributed by atoms with Crippen LogP contribution in [0.1, 0.15) is 25.1 Å². The molecule has 4 heteroatoms. The van der Waals surface area contributed by atoms with Crippen molar-refractivity contribution < 1.29 is 5.11 Å². The van der Waals surface area contributed by atoms with Gasteiger partial charge < -0.3 is 5.11 Å². The van der Waals surface area contributed by atoms with E-state index in [4.69, 9.17) is 5.11 Å². The Morgan fingerprint density at radius 3 is 3.07 bits per heavy atom. The van der Waals surface area contributed by atoms with Gasteiger partial charge in [0.2, 0.25) is 0 Å². The molecule has 2 rings (SSSR count). The molecule has 1 saturated heterocycles. The van der Waals surface area contributed by atoms with Gasteiger partial charge in [0.05, 0.1) is 11.7 Å².